The van der Waals surface area contributed by atoms with E-state index >= 15 is 0 Å². The van der Waals surface area contributed by atoms with E-state index in [-0.39, 0.29) is 0 Å². The maximum atomic E-state index is 11.5. The number of aromatic amines is 1. The van der Waals surface area contributed by atoms with Crippen molar-refractivity contribution in [2.45, 2.75) is 46.0 Å². The maximum Gasteiger partial charge on any atom is 0.309 e. The quantitative estimate of drug-likeness (QED) is 0.644. The molecule has 6 nitrogen and oxygen atoms in total. The summed E-state index contributed by atoms with van der Waals surface area (Å²) in [6.07, 6.45) is 7.07. The van der Waals surface area contributed by atoms with Crippen molar-refractivity contribution >= 4 is 5.97 Å². The Hall–Kier alpha value is -2.37. The Morgan fingerprint density at radius 3 is 2.58 bits per heavy atom. The van der Waals surface area contributed by atoms with Crippen LogP contribution in [-0.2, 0) is 4.79 Å². The van der Waals surface area contributed by atoms with E-state index in [0.717, 1.165) is 24.2 Å². The lowest BCUT2D eigenvalue weighted by Gasteiger charge is -2.26. The summed E-state index contributed by atoms with van der Waals surface area (Å²) in [6.45, 7) is 4.45. The van der Waals surface area contributed by atoms with Crippen molar-refractivity contribution in [2.75, 3.05) is 6.61 Å². The fraction of sp³-hybridized carbons (Fsp3) is 0.500. The second-order valence-electron chi connectivity index (χ2n) is 5.95. The van der Waals surface area contributed by atoms with Crippen LogP contribution < -0.4 is 4.74 Å². The van der Waals surface area contributed by atoms with Crippen LogP contribution in [0.2, 0.25) is 0 Å². The lowest BCUT2D eigenvalue weighted by Crippen LogP contribution is -2.29. The number of aromatic nitrogens is 3. The molecule has 0 spiro atoms. The van der Waals surface area contributed by atoms with E-state index in [1.54, 1.807) is 12.4 Å². The first-order chi connectivity index (χ1) is 11.6. The van der Waals surface area contributed by atoms with Gasteiger partial charge in [0.05, 0.1) is 29.6 Å². The summed E-state index contributed by atoms with van der Waals surface area (Å²) in [6, 6.07) is 5.62. The van der Waals surface area contributed by atoms with Gasteiger partial charge < -0.3 is 9.84 Å². The summed E-state index contributed by atoms with van der Waals surface area (Å²) < 4.78 is 5.69. The zero-order valence-electron chi connectivity index (χ0n) is 14.3. The number of carboxylic acid groups (broad SMARTS) is 1. The SMILES string of the molecule is CCC(CC)(CCCCOc1ccc(-c2ccn[nH]2)nc1)C(=O)O. The fourth-order valence-corrected chi connectivity index (χ4v) is 2.79. The van der Waals surface area contributed by atoms with Crippen molar-refractivity contribution in [3.63, 3.8) is 0 Å². The molecule has 24 heavy (non-hydrogen) atoms. The van der Waals surface area contributed by atoms with Crippen molar-refractivity contribution in [1.29, 1.82) is 0 Å². The summed E-state index contributed by atoms with van der Waals surface area (Å²) >= 11 is 0. The number of H-pyrrole nitrogens is 1. The van der Waals surface area contributed by atoms with Gasteiger partial charge in [0.25, 0.3) is 0 Å². The minimum atomic E-state index is -0.688. The zero-order valence-corrected chi connectivity index (χ0v) is 14.3. The molecule has 0 aliphatic rings. The van der Waals surface area contributed by atoms with Crippen molar-refractivity contribution in [3.05, 3.63) is 30.6 Å². The van der Waals surface area contributed by atoms with Gasteiger partial charge in [0, 0.05) is 6.20 Å². The molecule has 130 valence electrons. The minimum Gasteiger partial charge on any atom is -0.492 e. The van der Waals surface area contributed by atoms with Crippen molar-refractivity contribution in [2.24, 2.45) is 5.41 Å². The maximum absolute atomic E-state index is 11.5. The third-order valence-corrected chi connectivity index (χ3v) is 4.64. The van der Waals surface area contributed by atoms with Crippen LogP contribution in [-0.4, -0.2) is 32.9 Å². The highest BCUT2D eigenvalue weighted by Gasteiger charge is 2.33. The first-order valence-corrected chi connectivity index (χ1v) is 8.43. The molecule has 2 rings (SSSR count). The van der Waals surface area contributed by atoms with Crippen molar-refractivity contribution < 1.29 is 14.6 Å². The van der Waals surface area contributed by atoms with Crippen LogP contribution in [0.1, 0.15) is 46.0 Å². The van der Waals surface area contributed by atoms with Gasteiger partial charge in [-0.3, -0.25) is 14.9 Å². The van der Waals surface area contributed by atoms with Crippen LogP contribution in [0.4, 0.5) is 0 Å². The van der Waals surface area contributed by atoms with Crippen LogP contribution in [0.3, 0.4) is 0 Å². The van der Waals surface area contributed by atoms with Crippen LogP contribution in [0, 0.1) is 5.41 Å². The number of unbranched alkanes of at least 4 members (excludes halogenated alkanes) is 1. The highest BCUT2D eigenvalue weighted by atomic mass is 16.5. The normalized spacial score (nSPS) is 11.4. The van der Waals surface area contributed by atoms with Crippen LogP contribution in [0.5, 0.6) is 5.75 Å². The van der Waals surface area contributed by atoms with Crippen molar-refractivity contribution in [3.8, 4) is 17.1 Å². The number of hydrogen-bond acceptors (Lipinski definition) is 4. The lowest BCUT2D eigenvalue weighted by molar-refractivity contribution is -0.150. The summed E-state index contributed by atoms with van der Waals surface area (Å²) in [5.41, 5.74) is 1.09. The highest BCUT2D eigenvalue weighted by molar-refractivity contribution is 5.74. The number of carbonyl (C=O) groups is 1. The number of ether oxygens (including phenoxy) is 1. The summed E-state index contributed by atoms with van der Waals surface area (Å²) in [4.78, 5) is 15.8. The molecule has 0 unspecified atom stereocenters. The molecule has 6 heteroatoms. The van der Waals surface area contributed by atoms with E-state index in [4.69, 9.17) is 4.74 Å². The van der Waals surface area contributed by atoms with Gasteiger partial charge in [-0.2, -0.15) is 5.10 Å². The highest BCUT2D eigenvalue weighted by Crippen LogP contribution is 2.32. The standard InChI is InChI=1S/C18H25N3O3/c1-3-18(4-2,17(22)23)10-5-6-12-24-14-7-8-15(19-13-14)16-9-11-20-21-16/h7-9,11,13H,3-6,10,12H2,1-2H3,(H,20,21)(H,22,23). The molecule has 0 amide bonds. The Balaban J connectivity index is 1.75. The van der Waals surface area contributed by atoms with Crippen LogP contribution in [0.15, 0.2) is 30.6 Å². The van der Waals surface area contributed by atoms with Gasteiger partial charge in [0.2, 0.25) is 0 Å². The van der Waals surface area contributed by atoms with E-state index in [9.17, 15) is 9.90 Å². The monoisotopic (exact) mass is 331 g/mol. The largest absolute Gasteiger partial charge is 0.492 e. The Labute approximate surface area is 142 Å². The minimum absolute atomic E-state index is 0.564. The van der Waals surface area contributed by atoms with Gasteiger partial charge >= 0.3 is 5.97 Å². The van der Waals surface area contributed by atoms with Crippen LogP contribution in [0.25, 0.3) is 11.4 Å². The molecule has 0 radical (unpaired) electrons. The van der Waals surface area contributed by atoms with Crippen LogP contribution >= 0.6 is 0 Å². The topological polar surface area (TPSA) is 88.1 Å². The average Bonchev–Trinajstić information content (AvgIpc) is 3.13. The molecule has 2 aromatic heterocycles. The van der Waals surface area contributed by atoms with Crippen molar-refractivity contribution in [1.82, 2.24) is 15.2 Å². The number of hydrogen-bond donors (Lipinski definition) is 2. The zero-order chi connectivity index (χ0) is 17.4. The number of rotatable bonds is 10. The molecule has 2 aromatic rings. The Morgan fingerprint density at radius 1 is 1.25 bits per heavy atom. The Kier molecular flexibility index (Phi) is 6.35. The molecule has 0 atom stereocenters. The van der Waals surface area contributed by atoms with E-state index in [1.165, 1.54) is 0 Å². The Morgan fingerprint density at radius 2 is 2.04 bits per heavy atom. The number of nitrogens with zero attached hydrogens (tertiary/aromatic N) is 2. The molecule has 0 aliphatic heterocycles. The number of nitrogens with one attached hydrogen (secondary N) is 1. The van der Waals surface area contributed by atoms with Gasteiger partial charge in [0.1, 0.15) is 5.75 Å². The molecule has 0 saturated carbocycles. The second-order valence-corrected chi connectivity index (χ2v) is 5.95. The lowest BCUT2D eigenvalue weighted by atomic mass is 9.78. The first-order valence-electron chi connectivity index (χ1n) is 8.43. The fourth-order valence-electron chi connectivity index (χ4n) is 2.79. The van der Waals surface area contributed by atoms with Gasteiger partial charge in [-0.05, 0) is 50.3 Å². The average molecular weight is 331 g/mol. The van der Waals surface area contributed by atoms with E-state index < -0.39 is 11.4 Å². The van der Waals surface area contributed by atoms with Gasteiger partial charge in [-0.25, -0.2) is 0 Å². The molecular formula is C18H25N3O3. The Bertz CT molecular complexity index is 619. The number of aliphatic carboxylic acids is 1. The predicted molar refractivity (Wildman–Crippen MR) is 91.8 cm³/mol. The number of carboxylic acids is 1. The van der Waals surface area contributed by atoms with Gasteiger partial charge in [0.15, 0.2) is 0 Å². The predicted octanol–water partition coefficient (Wildman–Crippen LogP) is 3.91. The second kappa shape index (κ2) is 8.47. The summed E-state index contributed by atoms with van der Waals surface area (Å²) in [5, 5.41) is 16.2. The molecule has 0 saturated heterocycles. The van der Waals surface area contributed by atoms with Gasteiger partial charge in [-0.1, -0.05) is 13.8 Å². The summed E-state index contributed by atoms with van der Waals surface area (Å²) in [7, 11) is 0. The first kappa shape index (κ1) is 18.0. The molecule has 0 aliphatic carbocycles. The third kappa shape index (κ3) is 4.34. The molecular weight excluding hydrogens is 306 g/mol. The molecule has 2 heterocycles. The van der Waals surface area contributed by atoms with E-state index in [0.29, 0.717) is 31.6 Å². The van der Waals surface area contributed by atoms with E-state index in [2.05, 4.69) is 15.2 Å². The smallest absolute Gasteiger partial charge is 0.309 e. The third-order valence-electron chi connectivity index (χ3n) is 4.64. The molecule has 0 bridgehead atoms. The van der Waals surface area contributed by atoms with E-state index in [1.807, 2.05) is 32.0 Å². The molecule has 0 aromatic carbocycles. The molecule has 0 fully saturated rings. The number of pyridine rings is 1. The van der Waals surface area contributed by atoms with Gasteiger partial charge in [-0.15, -0.1) is 0 Å². The summed E-state index contributed by atoms with van der Waals surface area (Å²) in [5.74, 6) is 0.0285. The molecule has 2 N–H and O–H groups in total.